The van der Waals surface area contributed by atoms with E-state index in [0.717, 1.165) is 10.0 Å². The summed E-state index contributed by atoms with van der Waals surface area (Å²) in [6.45, 7) is 0.198. The number of nitrogen functional groups attached to an aromatic ring is 1. The molecule has 3 N–H and O–H groups in total. The van der Waals surface area contributed by atoms with Gasteiger partial charge in [-0.25, -0.2) is 5.43 Å². The fraction of sp³-hybridized carbons (Fsp3) is 0.167. The number of aromatic nitrogens is 2. The molecule has 0 fully saturated rings. The summed E-state index contributed by atoms with van der Waals surface area (Å²) in [5, 5.41) is 12.2. The van der Waals surface area contributed by atoms with Crippen molar-refractivity contribution in [2.75, 3.05) is 12.5 Å². The summed E-state index contributed by atoms with van der Waals surface area (Å²) in [4.78, 5) is 11.7. The number of rotatable bonds is 4. The Morgan fingerprint density at radius 1 is 1.45 bits per heavy atom. The predicted molar refractivity (Wildman–Crippen MR) is 84.0 cm³/mol. The Balaban J connectivity index is 1.61. The van der Waals surface area contributed by atoms with Crippen molar-refractivity contribution >= 4 is 44.5 Å². The summed E-state index contributed by atoms with van der Waals surface area (Å²) in [6, 6.07) is 3.56. The number of carbonyl (C=O) groups is 1. The maximum absolute atomic E-state index is 11.7. The van der Waals surface area contributed by atoms with E-state index in [1.807, 2.05) is 0 Å². The minimum Gasteiger partial charge on any atom is -0.454 e. The maximum Gasteiger partial charge on any atom is 0.247 e. The van der Waals surface area contributed by atoms with Crippen LogP contribution >= 0.6 is 27.3 Å². The van der Waals surface area contributed by atoms with Gasteiger partial charge in [-0.3, -0.25) is 4.79 Å². The van der Waals surface area contributed by atoms with E-state index in [4.69, 9.17) is 15.2 Å². The third kappa shape index (κ3) is 3.34. The molecule has 0 bridgehead atoms. The fourth-order valence-corrected chi connectivity index (χ4v) is 2.75. The molecule has 2 heterocycles. The number of ether oxygens (including phenoxy) is 2. The first-order valence-electron chi connectivity index (χ1n) is 6.11. The first kappa shape index (κ1) is 14.7. The fourth-order valence-electron chi connectivity index (χ4n) is 1.72. The molecule has 0 saturated carbocycles. The van der Waals surface area contributed by atoms with Gasteiger partial charge in [0, 0.05) is 10.0 Å². The van der Waals surface area contributed by atoms with E-state index in [0.29, 0.717) is 21.6 Å². The lowest BCUT2D eigenvalue weighted by Crippen LogP contribution is -2.19. The number of nitrogens with one attached hydrogen (secondary N) is 1. The summed E-state index contributed by atoms with van der Waals surface area (Å²) < 4.78 is 11.3. The maximum atomic E-state index is 11.7. The van der Waals surface area contributed by atoms with Gasteiger partial charge in [0.2, 0.25) is 17.8 Å². The third-order valence-corrected chi connectivity index (χ3v) is 4.12. The third-order valence-electron chi connectivity index (χ3n) is 2.68. The monoisotopic (exact) mass is 383 g/mol. The molecule has 2 aromatic rings. The lowest BCUT2D eigenvalue weighted by Gasteiger charge is -2.01. The van der Waals surface area contributed by atoms with Gasteiger partial charge in [-0.15, -0.1) is 10.2 Å². The number of anilines is 1. The molecular weight excluding hydrogens is 374 g/mol. The molecule has 10 heteroatoms. The molecule has 0 unspecified atom stereocenters. The summed E-state index contributed by atoms with van der Waals surface area (Å²) in [6.07, 6.45) is 1.59. The van der Waals surface area contributed by atoms with E-state index in [-0.39, 0.29) is 19.1 Å². The second kappa shape index (κ2) is 6.28. The number of benzene rings is 1. The van der Waals surface area contributed by atoms with Crippen molar-refractivity contribution in [1.29, 1.82) is 0 Å². The SMILES string of the molecule is Nc1nnc(CC(=O)N/N=C\c2cc3c(cc2Br)OCO3)s1. The zero-order valence-electron chi connectivity index (χ0n) is 11.1. The molecule has 22 heavy (non-hydrogen) atoms. The summed E-state index contributed by atoms with van der Waals surface area (Å²) in [5.41, 5.74) is 8.62. The Morgan fingerprint density at radius 3 is 2.95 bits per heavy atom. The second-order valence-corrected chi connectivity index (χ2v) is 6.18. The molecule has 1 amide bonds. The van der Waals surface area contributed by atoms with Crippen LogP contribution in [0.3, 0.4) is 0 Å². The van der Waals surface area contributed by atoms with Crippen molar-refractivity contribution in [3.8, 4) is 11.5 Å². The first-order valence-corrected chi connectivity index (χ1v) is 7.71. The van der Waals surface area contributed by atoms with Crippen LogP contribution in [0.4, 0.5) is 5.13 Å². The van der Waals surface area contributed by atoms with Gasteiger partial charge < -0.3 is 15.2 Å². The molecular formula is C12H10BrN5O3S. The molecule has 0 atom stereocenters. The van der Waals surface area contributed by atoms with Crippen molar-refractivity contribution < 1.29 is 14.3 Å². The van der Waals surface area contributed by atoms with E-state index in [9.17, 15) is 4.79 Å². The number of carbonyl (C=O) groups excluding carboxylic acids is 1. The number of fused-ring (bicyclic) bond motifs is 1. The van der Waals surface area contributed by atoms with E-state index < -0.39 is 0 Å². The van der Waals surface area contributed by atoms with Gasteiger partial charge in [-0.05, 0) is 28.1 Å². The van der Waals surface area contributed by atoms with Gasteiger partial charge in [-0.1, -0.05) is 11.3 Å². The number of amides is 1. The lowest BCUT2D eigenvalue weighted by atomic mass is 10.2. The number of hydrogen-bond acceptors (Lipinski definition) is 8. The average Bonchev–Trinajstić information content (AvgIpc) is 3.07. The molecule has 1 aliphatic heterocycles. The molecule has 1 aliphatic rings. The van der Waals surface area contributed by atoms with E-state index >= 15 is 0 Å². The molecule has 0 spiro atoms. The molecule has 114 valence electrons. The number of halogens is 1. The standard InChI is InChI=1S/C12H10BrN5O3S/c13-7-2-9-8(20-5-21-9)1-6(7)4-15-16-10(19)3-11-17-18-12(14)22-11/h1-2,4H,3,5H2,(H2,14,18)(H,16,19)/b15-4-. The molecule has 3 rings (SSSR count). The van der Waals surface area contributed by atoms with Gasteiger partial charge in [0.1, 0.15) is 5.01 Å². The van der Waals surface area contributed by atoms with Gasteiger partial charge in [-0.2, -0.15) is 5.10 Å². The Kier molecular flexibility index (Phi) is 4.20. The quantitative estimate of drug-likeness (QED) is 0.607. The number of nitrogens with two attached hydrogens (primary N) is 1. The zero-order valence-corrected chi connectivity index (χ0v) is 13.5. The second-order valence-electron chi connectivity index (χ2n) is 4.23. The van der Waals surface area contributed by atoms with Crippen molar-refractivity contribution in [2.24, 2.45) is 5.10 Å². The van der Waals surface area contributed by atoms with Gasteiger partial charge >= 0.3 is 0 Å². The highest BCUT2D eigenvalue weighted by atomic mass is 79.9. The number of nitrogens with zero attached hydrogens (tertiary/aromatic N) is 3. The van der Waals surface area contributed by atoms with Crippen LogP contribution in [0, 0.1) is 0 Å². The van der Waals surface area contributed by atoms with Crippen molar-refractivity contribution in [3.63, 3.8) is 0 Å². The average molecular weight is 384 g/mol. The molecule has 1 aromatic carbocycles. The minimum absolute atomic E-state index is 0.0779. The highest BCUT2D eigenvalue weighted by molar-refractivity contribution is 9.10. The Morgan fingerprint density at radius 2 is 2.23 bits per heavy atom. The van der Waals surface area contributed by atoms with Gasteiger partial charge in [0.05, 0.1) is 12.6 Å². The normalized spacial score (nSPS) is 12.8. The van der Waals surface area contributed by atoms with Crippen molar-refractivity contribution in [2.45, 2.75) is 6.42 Å². The largest absolute Gasteiger partial charge is 0.454 e. The summed E-state index contributed by atoms with van der Waals surface area (Å²) in [7, 11) is 0. The van der Waals surface area contributed by atoms with Crippen LogP contribution in [0.15, 0.2) is 21.7 Å². The van der Waals surface area contributed by atoms with Crippen LogP contribution in [0.25, 0.3) is 0 Å². The van der Waals surface area contributed by atoms with E-state index in [2.05, 4.69) is 36.7 Å². The number of hydrogen-bond donors (Lipinski definition) is 2. The van der Waals surface area contributed by atoms with E-state index in [1.165, 1.54) is 17.6 Å². The van der Waals surface area contributed by atoms with Crippen LogP contribution in [-0.4, -0.2) is 29.1 Å². The Hall–Kier alpha value is -2.20. The number of hydrazone groups is 1. The van der Waals surface area contributed by atoms with Gasteiger partial charge in [0.25, 0.3) is 0 Å². The van der Waals surface area contributed by atoms with Gasteiger partial charge in [0.15, 0.2) is 11.5 Å². The molecule has 8 nitrogen and oxygen atoms in total. The van der Waals surface area contributed by atoms with Crippen LogP contribution in [0.2, 0.25) is 0 Å². The van der Waals surface area contributed by atoms with Crippen LogP contribution < -0.4 is 20.6 Å². The zero-order chi connectivity index (χ0) is 15.5. The predicted octanol–water partition coefficient (Wildman–Crippen LogP) is 1.30. The molecule has 1 aromatic heterocycles. The smallest absolute Gasteiger partial charge is 0.247 e. The van der Waals surface area contributed by atoms with E-state index in [1.54, 1.807) is 12.1 Å². The van der Waals surface area contributed by atoms with Crippen molar-refractivity contribution in [1.82, 2.24) is 15.6 Å². The first-order chi connectivity index (χ1) is 10.6. The topological polar surface area (TPSA) is 112 Å². The van der Waals surface area contributed by atoms with Crippen molar-refractivity contribution in [3.05, 3.63) is 27.2 Å². The molecule has 0 radical (unpaired) electrons. The molecule has 0 saturated heterocycles. The van der Waals surface area contributed by atoms with Crippen LogP contribution in [0.1, 0.15) is 10.6 Å². The highest BCUT2D eigenvalue weighted by Crippen LogP contribution is 2.36. The Bertz CT molecular complexity index is 748. The van der Waals surface area contributed by atoms with Crippen LogP contribution in [0.5, 0.6) is 11.5 Å². The Labute approximate surface area is 137 Å². The minimum atomic E-state index is -0.302. The highest BCUT2D eigenvalue weighted by Gasteiger charge is 2.15. The summed E-state index contributed by atoms with van der Waals surface area (Å²) >= 11 is 4.57. The van der Waals surface area contributed by atoms with Crippen LogP contribution in [-0.2, 0) is 11.2 Å². The lowest BCUT2D eigenvalue weighted by molar-refractivity contribution is -0.120. The molecule has 0 aliphatic carbocycles. The summed E-state index contributed by atoms with van der Waals surface area (Å²) in [5.74, 6) is 1.01.